The number of nitrogens with zero attached hydrogens (tertiary/aromatic N) is 3. The number of benzene rings is 3. The molecule has 1 saturated carbocycles. The Morgan fingerprint density at radius 3 is 2.58 bits per heavy atom. The summed E-state index contributed by atoms with van der Waals surface area (Å²) in [5.74, 6) is 0.236. The Morgan fingerprint density at radius 1 is 1.08 bits per heavy atom. The summed E-state index contributed by atoms with van der Waals surface area (Å²) in [5.41, 5.74) is 3.00. The molecule has 8 heteroatoms. The summed E-state index contributed by atoms with van der Waals surface area (Å²) in [6.07, 6.45) is 3.83. The van der Waals surface area contributed by atoms with Gasteiger partial charge in [-0.3, -0.25) is 19.5 Å². The van der Waals surface area contributed by atoms with E-state index < -0.39 is 0 Å². The Morgan fingerprint density at radius 2 is 1.87 bits per heavy atom. The molecule has 0 aliphatic heterocycles. The number of imidazole rings is 1. The van der Waals surface area contributed by atoms with Crippen LogP contribution in [0.4, 0.5) is 10.3 Å². The van der Waals surface area contributed by atoms with Gasteiger partial charge in [-0.25, -0.2) is 9.37 Å². The zero-order valence-electron chi connectivity index (χ0n) is 21.4. The van der Waals surface area contributed by atoms with Gasteiger partial charge in [0.1, 0.15) is 18.1 Å². The molecule has 4 aromatic rings. The fourth-order valence-corrected chi connectivity index (χ4v) is 4.25. The molecule has 0 radical (unpaired) electrons. The lowest BCUT2D eigenvalue weighted by Crippen LogP contribution is -2.39. The lowest BCUT2D eigenvalue weighted by molar-refractivity contribution is -0.117. The van der Waals surface area contributed by atoms with E-state index >= 15 is 0 Å². The smallest absolute Gasteiger partial charge is 0.254 e. The molecule has 3 aromatic carbocycles. The number of hydrogen-bond donors (Lipinski definition) is 1. The summed E-state index contributed by atoms with van der Waals surface area (Å²) in [6, 6.07) is 21.3. The average molecular weight is 513 g/mol. The molecule has 1 fully saturated rings. The number of anilines is 1. The number of amides is 2. The second-order valence-corrected chi connectivity index (χ2v) is 9.53. The molecule has 7 nitrogen and oxygen atoms in total. The summed E-state index contributed by atoms with van der Waals surface area (Å²) in [4.78, 5) is 32.8. The molecular formula is C30H29FN4O3. The van der Waals surface area contributed by atoms with Crippen LogP contribution >= 0.6 is 0 Å². The maximum atomic E-state index is 14.4. The van der Waals surface area contributed by atoms with E-state index in [1.807, 2.05) is 30.3 Å². The Hall–Kier alpha value is -4.46. The minimum absolute atomic E-state index is 0.137. The number of ether oxygens (including phenoxy) is 1. The van der Waals surface area contributed by atoms with Gasteiger partial charge in [0.2, 0.25) is 11.9 Å². The van der Waals surface area contributed by atoms with Gasteiger partial charge in [-0.1, -0.05) is 42.5 Å². The predicted molar refractivity (Wildman–Crippen MR) is 144 cm³/mol. The van der Waals surface area contributed by atoms with E-state index in [2.05, 4.69) is 10.3 Å². The molecular weight excluding hydrogens is 483 g/mol. The van der Waals surface area contributed by atoms with Gasteiger partial charge in [0.25, 0.3) is 5.91 Å². The first-order valence-corrected chi connectivity index (χ1v) is 12.6. The summed E-state index contributed by atoms with van der Waals surface area (Å²) in [7, 11) is 1.55. The van der Waals surface area contributed by atoms with E-state index in [9.17, 15) is 14.0 Å². The lowest BCUT2D eigenvalue weighted by Gasteiger charge is -2.22. The van der Waals surface area contributed by atoms with E-state index in [-0.39, 0.29) is 30.1 Å². The molecule has 0 unspecified atom stereocenters. The van der Waals surface area contributed by atoms with Crippen LogP contribution < -0.4 is 10.1 Å². The third kappa shape index (κ3) is 5.75. The molecule has 0 atom stereocenters. The third-order valence-electron chi connectivity index (χ3n) is 6.57. The van der Waals surface area contributed by atoms with Gasteiger partial charge in [0.05, 0.1) is 18.5 Å². The minimum atomic E-state index is -0.388. The van der Waals surface area contributed by atoms with Crippen molar-refractivity contribution >= 4 is 17.8 Å². The number of methoxy groups -OCH3 is 1. The quantitative estimate of drug-likeness (QED) is 0.322. The molecule has 194 valence electrons. The second kappa shape index (κ2) is 10.9. The molecule has 1 heterocycles. The van der Waals surface area contributed by atoms with Crippen LogP contribution in [0.15, 0.2) is 79.0 Å². The monoisotopic (exact) mass is 512 g/mol. The Bertz CT molecular complexity index is 1460. The van der Waals surface area contributed by atoms with Crippen LogP contribution in [0.2, 0.25) is 0 Å². The summed E-state index contributed by atoms with van der Waals surface area (Å²) in [6.45, 7) is 2.05. The summed E-state index contributed by atoms with van der Waals surface area (Å²) in [5, 5.41) is 2.86. The minimum Gasteiger partial charge on any atom is -0.497 e. The Labute approximate surface area is 220 Å². The second-order valence-electron chi connectivity index (χ2n) is 9.53. The van der Waals surface area contributed by atoms with Crippen LogP contribution in [0.1, 0.15) is 28.8 Å². The van der Waals surface area contributed by atoms with Crippen LogP contribution in [0.3, 0.4) is 0 Å². The van der Waals surface area contributed by atoms with Gasteiger partial charge < -0.3 is 9.64 Å². The number of carbonyl (C=O) groups is 2. The molecule has 1 aromatic heterocycles. The van der Waals surface area contributed by atoms with Crippen molar-refractivity contribution in [2.24, 2.45) is 5.92 Å². The number of aromatic nitrogens is 2. The number of aryl methyl sites for hydroxylation is 1. The molecule has 0 bridgehead atoms. The highest BCUT2D eigenvalue weighted by molar-refractivity contribution is 5.99. The zero-order valence-corrected chi connectivity index (χ0v) is 21.4. The highest BCUT2D eigenvalue weighted by atomic mass is 19.1. The van der Waals surface area contributed by atoms with E-state index in [1.54, 1.807) is 66.1 Å². The maximum Gasteiger partial charge on any atom is 0.254 e. The number of halogens is 1. The number of rotatable bonds is 9. The van der Waals surface area contributed by atoms with Gasteiger partial charge in [-0.15, -0.1) is 0 Å². The van der Waals surface area contributed by atoms with Crippen LogP contribution in [0.25, 0.3) is 16.9 Å². The van der Waals surface area contributed by atoms with Gasteiger partial charge in [-0.05, 0) is 61.6 Å². The first-order valence-electron chi connectivity index (χ1n) is 12.6. The van der Waals surface area contributed by atoms with Crippen LogP contribution in [0.5, 0.6) is 5.75 Å². The fourth-order valence-electron chi connectivity index (χ4n) is 4.25. The summed E-state index contributed by atoms with van der Waals surface area (Å²) < 4.78 is 21.3. The molecule has 0 saturated heterocycles. The van der Waals surface area contributed by atoms with E-state index in [4.69, 9.17) is 4.74 Å². The predicted octanol–water partition coefficient (Wildman–Crippen LogP) is 5.49. The average Bonchev–Trinajstić information content (AvgIpc) is 3.66. The van der Waals surface area contributed by atoms with Crippen molar-refractivity contribution < 1.29 is 18.7 Å². The van der Waals surface area contributed by atoms with Crippen LogP contribution in [-0.4, -0.2) is 46.5 Å². The van der Waals surface area contributed by atoms with E-state index in [1.165, 1.54) is 6.07 Å². The van der Waals surface area contributed by atoms with Crippen LogP contribution in [-0.2, 0) is 4.79 Å². The van der Waals surface area contributed by atoms with Crippen molar-refractivity contribution in [3.8, 4) is 22.7 Å². The van der Waals surface area contributed by atoms with Crippen molar-refractivity contribution in [3.05, 3.63) is 95.9 Å². The van der Waals surface area contributed by atoms with Crippen molar-refractivity contribution in [1.29, 1.82) is 0 Å². The number of hydrogen-bond acceptors (Lipinski definition) is 4. The van der Waals surface area contributed by atoms with E-state index in [0.29, 0.717) is 40.7 Å². The molecule has 1 aliphatic carbocycles. The first kappa shape index (κ1) is 25.2. The van der Waals surface area contributed by atoms with Gasteiger partial charge in [0, 0.05) is 23.9 Å². The zero-order chi connectivity index (χ0) is 26.6. The maximum absolute atomic E-state index is 14.4. The SMILES string of the molecule is COc1cccc(C(=O)N(CC(=O)Nc2nc(-c3ccccc3)cn2-c2ccc(C)c(F)c2)CC2CC2)c1. The number of nitrogens with one attached hydrogen (secondary N) is 1. The van der Waals surface area contributed by atoms with Gasteiger partial charge in [-0.2, -0.15) is 0 Å². The molecule has 1 N–H and O–H groups in total. The third-order valence-corrected chi connectivity index (χ3v) is 6.57. The topological polar surface area (TPSA) is 76.5 Å². The normalized spacial score (nSPS) is 12.7. The van der Waals surface area contributed by atoms with Crippen molar-refractivity contribution in [2.75, 3.05) is 25.5 Å². The highest BCUT2D eigenvalue weighted by Gasteiger charge is 2.29. The molecule has 1 aliphatic rings. The largest absolute Gasteiger partial charge is 0.497 e. The molecule has 38 heavy (non-hydrogen) atoms. The Kier molecular flexibility index (Phi) is 7.22. The summed E-state index contributed by atoms with van der Waals surface area (Å²) >= 11 is 0. The Balaban J connectivity index is 1.42. The van der Waals surface area contributed by atoms with Crippen LogP contribution in [0, 0.1) is 18.7 Å². The number of carbonyl (C=O) groups excluding carboxylic acids is 2. The highest BCUT2D eigenvalue weighted by Crippen LogP contribution is 2.30. The fraction of sp³-hybridized carbons (Fsp3) is 0.233. The van der Waals surface area contributed by atoms with Crippen molar-refractivity contribution in [3.63, 3.8) is 0 Å². The standard InChI is InChI=1S/C30H29FN4O3/c1-20-11-14-24(16-26(20)31)35-18-27(22-7-4-3-5-8-22)32-30(35)33-28(36)19-34(17-21-12-13-21)29(37)23-9-6-10-25(15-23)38-2/h3-11,14-16,18,21H,12-13,17,19H2,1-2H3,(H,32,33,36). The van der Waals surface area contributed by atoms with Crippen molar-refractivity contribution in [2.45, 2.75) is 19.8 Å². The van der Waals surface area contributed by atoms with E-state index in [0.717, 1.165) is 18.4 Å². The first-order chi connectivity index (χ1) is 18.4. The lowest BCUT2D eigenvalue weighted by atomic mass is 10.1. The van der Waals surface area contributed by atoms with Gasteiger partial charge in [0.15, 0.2) is 0 Å². The molecule has 5 rings (SSSR count). The van der Waals surface area contributed by atoms with Gasteiger partial charge >= 0.3 is 0 Å². The molecule has 0 spiro atoms. The molecule has 2 amide bonds. The van der Waals surface area contributed by atoms with Crippen molar-refractivity contribution in [1.82, 2.24) is 14.5 Å².